The van der Waals surface area contributed by atoms with Crippen LogP contribution in [0.2, 0.25) is 0 Å². The minimum atomic E-state index is -1.52. The number of thiazole rings is 1. The number of methoxy groups -OCH3 is 1. The molecule has 0 unspecified atom stereocenters. The van der Waals surface area contributed by atoms with E-state index < -0.39 is 47.5 Å². The monoisotopic (exact) mass is 584 g/mol. The standard InChI is InChI=1S/C27H22F2N4O7S/c1-38-25(36)18-13-41-26(30-18)32-23(34)19(10-14-7-8-16(28)17(29)9-14)33-24(35)22(31-27(33)37)21-12-39-11-20(40-21)15-5-3-2-4-6-15/h2-3,5,7-9,11-13,19,22H,4,6,10H2,1H3,(H,31,37)(H,30,32,34)/t19-,22+/m0/s1. The molecule has 5 rings (SSSR count). The summed E-state index contributed by atoms with van der Waals surface area (Å²) in [5, 5.41) is 6.31. The van der Waals surface area contributed by atoms with E-state index >= 15 is 0 Å². The zero-order chi connectivity index (χ0) is 29.1. The molecule has 1 fully saturated rings. The highest BCUT2D eigenvalue weighted by Crippen LogP contribution is 2.30. The Kier molecular flexibility index (Phi) is 7.92. The molecular formula is C27H22F2N4O7S. The summed E-state index contributed by atoms with van der Waals surface area (Å²) in [6.45, 7) is 0. The number of benzene rings is 1. The highest BCUT2D eigenvalue weighted by Gasteiger charge is 2.48. The molecule has 0 spiro atoms. The third kappa shape index (κ3) is 5.87. The van der Waals surface area contributed by atoms with Crippen LogP contribution in [0.4, 0.5) is 18.7 Å². The van der Waals surface area contributed by atoms with E-state index in [1.54, 1.807) is 0 Å². The molecule has 41 heavy (non-hydrogen) atoms. The Labute approximate surface area is 235 Å². The van der Waals surface area contributed by atoms with Gasteiger partial charge >= 0.3 is 12.0 Å². The molecule has 1 saturated heterocycles. The number of carbonyl (C=O) groups is 4. The van der Waals surface area contributed by atoms with Crippen molar-refractivity contribution in [1.82, 2.24) is 15.2 Å². The van der Waals surface area contributed by atoms with Crippen molar-refractivity contribution < 1.29 is 42.2 Å². The van der Waals surface area contributed by atoms with Crippen LogP contribution in [0.1, 0.15) is 28.9 Å². The highest BCUT2D eigenvalue weighted by atomic mass is 32.1. The van der Waals surface area contributed by atoms with Crippen molar-refractivity contribution in [2.75, 3.05) is 12.4 Å². The van der Waals surface area contributed by atoms with Gasteiger partial charge in [-0.05, 0) is 36.1 Å². The van der Waals surface area contributed by atoms with Crippen LogP contribution in [-0.4, -0.2) is 52.9 Å². The van der Waals surface area contributed by atoms with Gasteiger partial charge in [-0.3, -0.25) is 9.59 Å². The molecule has 1 aliphatic carbocycles. The number of anilines is 1. The Bertz CT molecular complexity index is 1550. The molecule has 0 radical (unpaired) electrons. The molecular weight excluding hydrogens is 562 g/mol. The summed E-state index contributed by atoms with van der Waals surface area (Å²) in [6, 6.07) is -0.784. The molecule has 1 aromatic heterocycles. The number of halogens is 2. The molecule has 14 heteroatoms. The summed E-state index contributed by atoms with van der Waals surface area (Å²) in [6.07, 6.45) is 9.36. The van der Waals surface area contributed by atoms with Crippen LogP contribution in [0.15, 0.2) is 71.4 Å². The number of ether oxygens (including phenoxy) is 3. The van der Waals surface area contributed by atoms with Gasteiger partial charge in [0.25, 0.3) is 5.91 Å². The number of allylic oxidation sites excluding steroid dienone is 4. The Morgan fingerprint density at radius 2 is 2.10 bits per heavy atom. The number of imide groups is 1. The van der Waals surface area contributed by atoms with Crippen LogP contribution >= 0.6 is 11.3 Å². The average Bonchev–Trinajstić information content (AvgIpc) is 3.57. The molecule has 4 amide bonds. The molecule has 2 aliphatic heterocycles. The van der Waals surface area contributed by atoms with Gasteiger partial charge in [0.05, 0.1) is 7.11 Å². The lowest BCUT2D eigenvalue weighted by atomic mass is 10.0. The molecule has 3 heterocycles. The SMILES string of the molecule is COC(=O)c1csc(NC(=O)[C@H](Cc2ccc(F)c(F)c2)N2C(=O)N[C@H](C3=COC=C(C4=CC=CCC4)O3)C2=O)n1. The van der Waals surface area contributed by atoms with Crippen LogP contribution in [0.5, 0.6) is 0 Å². The molecule has 2 atom stereocenters. The van der Waals surface area contributed by atoms with Gasteiger partial charge in [0.15, 0.2) is 40.0 Å². The number of rotatable bonds is 8. The van der Waals surface area contributed by atoms with Gasteiger partial charge in [-0.15, -0.1) is 11.3 Å². The van der Waals surface area contributed by atoms with Crippen molar-refractivity contribution in [3.8, 4) is 0 Å². The van der Waals surface area contributed by atoms with Crippen molar-refractivity contribution in [3.63, 3.8) is 0 Å². The lowest BCUT2D eigenvalue weighted by Gasteiger charge is -2.25. The van der Waals surface area contributed by atoms with E-state index in [4.69, 9.17) is 9.47 Å². The summed E-state index contributed by atoms with van der Waals surface area (Å²) in [4.78, 5) is 56.5. The molecule has 2 aromatic rings. The van der Waals surface area contributed by atoms with Crippen LogP contribution in [0.25, 0.3) is 0 Å². The minimum absolute atomic E-state index is 0.00608. The summed E-state index contributed by atoms with van der Waals surface area (Å²) < 4.78 is 43.4. The van der Waals surface area contributed by atoms with Crippen LogP contribution in [0.3, 0.4) is 0 Å². The maximum atomic E-state index is 14.0. The lowest BCUT2D eigenvalue weighted by molar-refractivity contribution is -0.134. The van der Waals surface area contributed by atoms with Crippen LogP contribution in [0, 0.1) is 11.6 Å². The smallest absolute Gasteiger partial charge is 0.357 e. The van der Waals surface area contributed by atoms with Crippen molar-refractivity contribution in [2.45, 2.75) is 31.3 Å². The summed E-state index contributed by atoms with van der Waals surface area (Å²) in [5.74, 6) is -4.32. The number of urea groups is 1. The summed E-state index contributed by atoms with van der Waals surface area (Å²) >= 11 is 0.911. The number of hydrogen-bond acceptors (Lipinski definition) is 9. The maximum Gasteiger partial charge on any atom is 0.357 e. The number of hydrogen-bond donors (Lipinski definition) is 2. The fourth-order valence-corrected chi connectivity index (χ4v) is 4.99. The second-order valence-corrected chi connectivity index (χ2v) is 9.84. The molecule has 3 aliphatic rings. The summed E-state index contributed by atoms with van der Waals surface area (Å²) in [7, 11) is 1.17. The van der Waals surface area contributed by atoms with Crippen molar-refractivity contribution >= 4 is 40.3 Å². The Hall–Kier alpha value is -4.85. The number of nitrogens with one attached hydrogen (secondary N) is 2. The number of nitrogens with zero attached hydrogens (tertiary/aromatic N) is 2. The van der Waals surface area contributed by atoms with E-state index in [-0.39, 0.29) is 28.6 Å². The molecule has 11 nitrogen and oxygen atoms in total. The predicted octanol–water partition coefficient (Wildman–Crippen LogP) is 3.68. The number of aromatic nitrogens is 1. The molecule has 2 N–H and O–H groups in total. The van der Waals surface area contributed by atoms with E-state index in [9.17, 15) is 28.0 Å². The van der Waals surface area contributed by atoms with Gasteiger partial charge in [-0.2, -0.15) is 0 Å². The van der Waals surface area contributed by atoms with Gasteiger partial charge in [-0.25, -0.2) is 28.3 Å². The second-order valence-electron chi connectivity index (χ2n) is 8.98. The number of esters is 1. The van der Waals surface area contributed by atoms with E-state index in [1.165, 1.54) is 31.1 Å². The fourth-order valence-electron chi connectivity index (χ4n) is 4.31. The zero-order valence-electron chi connectivity index (χ0n) is 21.4. The highest BCUT2D eigenvalue weighted by molar-refractivity contribution is 7.14. The first-order valence-corrected chi connectivity index (χ1v) is 13.1. The summed E-state index contributed by atoms with van der Waals surface area (Å²) in [5.41, 5.74) is 0.910. The van der Waals surface area contributed by atoms with E-state index in [0.717, 1.165) is 35.5 Å². The quantitative estimate of drug-likeness (QED) is 0.354. The van der Waals surface area contributed by atoms with E-state index in [0.29, 0.717) is 17.1 Å². The van der Waals surface area contributed by atoms with Crippen molar-refractivity contribution in [3.05, 3.63) is 94.3 Å². The molecule has 0 saturated carbocycles. The van der Waals surface area contributed by atoms with Crippen LogP contribution < -0.4 is 10.6 Å². The van der Waals surface area contributed by atoms with Crippen LogP contribution in [-0.2, 0) is 30.2 Å². The minimum Gasteiger partial charge on any atom is -0.465 e. The number of carbonyl (C=O) groups excluding carboxylic acids is 4. The van der Waals surface area contributed by atoms with Crippen molar-refractivity contribution in [1.29, 1.82) is 0 Å². The largest absolute Gasteiger partial charge is 0.465 e. The Balaban J connectivity index is 1.39. The first-order valence-electron chi connectivity index (χ1n) is 12.3. The second kappa shape index (κ2) is 11.7. The normalized spacial score (nSPS) is 18.9. The fraction of sp³-hybridized carbons (Fsp3) is 0.222. The van der Waals surface area contributed by atoms with Gasteiger partial charge < -0.3 is 24.8 Å². The Morgan fingerprint density at radius 3 is 2.83 bits per heavy atom. The Morgan fingerprint density at radius 1 is 1.27 bits per heavy atom. The zero-order valence-corrected chi connectivity index (χ0v) is 22.2. The van der Waals surface area contributed by atoms with E-state index in [1.807, 2.05) is 18.2 Å². The molecule has 0 bridgehead atoms. The molecule has 1 aromatic carbocycles. The third-order valence-corrected chi connectivity index (χ3v) is 7.09. The molecule has 212 valence electrons. The topological polar surface area (TPSA) is 136 Å². The van der Waals surface area contributed by atoms with Gasteiger partial charge in [0.1, 0.15) is 18.6 Å². The predicted molar refractivity (Wildman–Crippen MR) is 140 cm³/mol. The van der Waals surface area contributed by atoms with E-state index in [2.05, 4.69) is 20.4 Å². The lowest BCUT2D eigenvalue weighted by Crippen LogP contribution is -2.49. The number of amides is 4. The first kappa shape index (κ1) is 27.7. The third-order valence-electron chi connectivity index (χ3n) is 6.33. The average molecular weight is 585 g/mol. The maximum absolute atomic E-state index is 14.0. The van der Waals surface area contributed by atoms with Gasteiger partial charge in [-0.1, -0.05) is 24.3 Å². The van der Waals surface area contributed by atoms with Gasteiger partial charge in [0.2, 0.25) is 5.91 Å². The van der Waals surface area contributed by atoms with Gasteiger partial charge in [0, 0.05) is 11.8 Å². The first-order chi connectivity index (χ1) is 19.7. The van der Waals surface area contributed by atoms with Crippen molar-refractivity contribution in [2.24, 2.45) is 0 Å².